The summed E-state index contributed by atoms with van der Waals surface area (Å²) >= 11 is 0. The third kappa shape index (κ3) is 6.55. The van der Waals surface area contributed by atoms with Gasteiger partial charge in [-0.3, -0.25) is 15.2 Å². The van der Waals surface area contributed by atoms with Gasteiger partial charge in [-0.05, 0) is 50.6 Å². The van der Waals surface area contributed by atoms with E-state index in [1.54, 1.807) is 20.8 Å². The summed E-state index contributed by atoms with van der Waals surface area (Å²) < 4.78 is 44.7. The maximum atomic E-state index is 13.2. The quantitative estimate of drug-likeness (QED) is 0.511. The van der Waals surface area contributed by atoms with E-state index in [0.29, 0.717) is 5.56 Å². The minimum atomic E-state index is -4.54. The van der Waals surface area contributed by atoms with E-state index in [2.05, 4.69) is 25.8 Å². The van der Waals surface area contributed by atoms with Crippen LogP contribution in [0.5, 0.6) is 0 Å². The molecule has 11 heteroatoms. The lowest BCUT2D eigenvalue weighted by Crippen LogP contribution is -2.30. The molecule has 0 bridgehead atoms. The highest BCUT2D eigenvalue weighted by molar-refractivity contribution is 5.93. The second kappa shape index (κ2) is 9.31. The first-order valence-corrected chi connectivity index (χ1v) is 9.86. The molecule has 1 unspecified atom stereocenters. The van der Waals surface area contributed by atoms with Crippen LogP contribution in [-0.2, 0) is 10.9 Å². The van der Waals surface area contributed by atoms with Crippen LogP contribution in [0.1, 0.15) is 54.0 Å². The zero-order chi connectivity index (χ0) is 24.2. The molecule has 0 saturated heterocycles. The fraction of sp³-hybridized carbons (Fsp3) is 0.273. The number of carbonyl (C=O) groups is 2. The lowest BCUT2D eigenvalue weighted by atomic mass is 9.99. The number of aromatic amines is 1. The molecular weight excluding hydrogens is 439 g/mol. The van der Waals surface area contributed by atoms with Crippen LogP contribution in [-0.4, -0.2) is 32.8 Å². The average Bonchev–Trinajstić information content (AvgIpc) is 3.24. The number of pyridine rings is 1. The molecule has 0 aliphatic rings. The Morgan fingerprint density at radius 3 is 2.42 bits per heavy atom. The van der Waals surface area contributed by atoms with Crippen molar-refractivity contribution in [1.82, 2.24) is 20.5 Å². The maximum Gasteiger partial charge on any atom is 0.416 e. The van der Waals surface area contributed by atoms with Crippen molar-refractivity contribution in [2.45, 2.75) is 38.6 Å². The first-order chi connectivity index (χ1) is 15.4. The molecule has 2 amide bonds. The van der Waals surface area contributed by atoms with Gasteiger partial charge in [0.15, 0.2) is 0 Å². The summed E-state index contributed by atoms with van der Waals surface area (Å²) in [7, 11) is 0. The number of ether oxygens (including phenoxy) is 1. The van der Waals surface area contributed by atoms with Crippen molar-refractivity contribution in [2.75, 3.05) is 5.32 Å². The van der Waals surface area contributed by atoms with Crippen LogP contribution in [0, 0.1) is 0 Å². The second-order valence-corrected chi connectivity index (χ2v) is 8.10. The number of H-pyrrole nitrogens is 1. The molecule has 8 nitrogen and oxygen atoms in total. The minimum Gasteiger partial charge on any atom is -0.444 e. The number of amides is 2. The summed E-state index contributed by atoms with van der Waals surface area (Å²) in [4.78, 5) is 29.0. The number of nitrogens with zero attached hydrogens (tertiary/aromatic N) is 2. The highest BCUT2D eigenvalue weighted by Crippen LogP contribution is 2.32. The molecule has 33 heavy (non-hydrogen) atoms. The summed E-state index contributed by atoms with van der Waals surface area (Å²) in [5.41, 5.74) is -0.955. The second-order valence-electron chi connectivity index (χ2n) is 8.10. The Bertz CT molecular complexity index is 1120. The Kier molecular flexibility index (Phi) is 6.70. The molecule has 2 heterocycles. The fourth-order valence-electron chi connectivity index (χ4n) is 2.92. The topological polar surface area (TPSA) is 109 Å². The standard InChI is InChI=1S/C22H22F3N5O3/c1-21(2,3)33-20(32)29-17-9-5-8-16(28-17)19(31)30-18(14-11-26-27-12-14)13-6-4-7-15(10-13)22(23,24)25/h4-12,18H,1-3H3,(H,26,27)(H,30,31)(H,28,29,32). The van der Waals surface area contributed by atoms with Crippen LogP contribution in [0.15, 0.2) is 54.9 Å². The van der Waals surface area contributed by atoms with Gasteiger partial charge in [-0.25, -0.2) is 9.78 Å². The molecule has 0 fully saturated rings. The van der Waals surface area contributed by atoms with E-state index in [1.807, 2.05) is 0 Å². The first-order valence-electron chi connectivity index (χ1n) is 9.86. The van der Waals surface area contributed by atoms with Crippen molar-refractivity contribution in [3.63, 3.8) is 0 Å². The lowest BCUT2D eigenvalue weighted by molar-refractivity contribution is -0.137. The SMILES string of the molecule is CC(C)(C)OC(=O)Nc1cccc(C(=O)NC(c2cn[nH]c2)c2cccc(C(F)(F)F)c2)n1. The molecule has 0 aliphatic carbocycles. The summed E-state index contributed by atoms with van der Waals surface area (Å²) in [5, 5.41) is 11.5. The van der Waals surface area contributed by atoms with E-state index >= 15 is 0 Å². The Morgan fingerprint density at radius 1 is 1.06 bits per heavy atom. The zero-order valence-electron chi connectivity index (χ0n) is 18.0. The number of carbonyl (C=O) groups excluding carboxylic acids is 2. The van der Waals surface area contributed by atoms with E-state index in [-0.39, 0.29) is 17.1 Å². The van der Waals surface area contributed by atoms with E-state index in [4.69, 9.17) is 4.74 Å². The molecule has 1 atom stereocenters. The number of hydrogen-bond acceptors (Lipinski definition) is 5. The van der Waals surface area contributed by atoms with Crippen molar-refractivity contribution in [3.05, 3.63) is 77.2 Å². The van der Waals surface area contributed by atoms with Crippen molar-refractivity contribution in [1.29, 1.82) is 0 Å². The number of nitrogens with one attached hydrogen (secondary N) is 3. The van der Waals surface area contributed by atoms with Crippen molar-refractivity contribution in [2.24, 2.45) is 0 Å². The molecule has 3 rings (SSSR count). The van der Waals surface area contributed by atoms with Crippen LogP contribution in [0.4, 0.5) is 23.8 Å². The van der Waals surface area contributed by atoms with Gasteiger partial charge in [-0.15, -0.1) is 0 Å². The largest absolute Gasteiger partial charge is 0.444 e. The van der Waals surface area contributed by atoms with Gasteiger partial charge in [0.25, 0.3) is 5.91 Å². The predicted octanol–water partition coefficient (Wildman–Crippen LogP) is 4.69. The van der Waals surface area contributed by atoms with Crippen LogP contribution < -0.4 is 10.6 Å². The number of benzene rings is 1. The molecule has 0 radical (unpaired) electrons. The van der Waals surface area contributed by atoms with Crippen LogP contribution in [0.25, 0.3) is 0 Å². The Labute approximate surface area is 187 Å². The summed E-state index contributed by atoms with van der Waals surface area (Å²) in [6.07, 6.45) is -2.41. The smallest absolute Gasteiger partial charge is 0.416 e. The van der Waals surface area contributed by atoms with Gasteiger partial charge < -0.3 is 10.1 Å². The molecular formula is C22H22F3N5O3. The molecule has 0 saturated carbocycles. The summed E-state index contributed by atoms with van der Waals surface area (Å²) in [6.45, 7) is 5.11. The highest BCUT2D eigenvalue weighted by atomic mass is 19.4. The van der Waals surface area contributed by atoms with Crippen molar-refractivity contribution in [3.8, 4) is 0 Å². The van der Waals surface area contributed by atoms with Gasteiger partial charge >= 0.3 is 12.3 Å². The number of rotatable bonds is 5. The van der Waals surface area contributed by atoms with Gasteiger partial charge in [0, 0.05) is 11.8 Å². The summed E-state index contributed by atoms with van der Waals surface area (Å²) in [5.74, 6) is -0.581. The van der Waals surface area contributed by atoms with Gasteiger partial charge in [0.2, 0.25) is 0 Å². The van der Waals surface area contributed by atoms with Crippen LogP contribution in [0.2, 0.25) is 0 Å². The van der Waals surface area contributed by atoms with Gasteiger partial charge in [0.1, 0.15) is 17.1 Å². The van der Waals surface area contributed by atoms with Crippen LogP contribution in [0.3, 0.4) is 0 Å². The number of halogens is 3. The molecule has 1 aromatic carbocycles. The third-order valence-electron chi connectivity index (χ3n) is 4.29. The average molecular weight is 461 g/mol. The Morgan fingerprint density at radius 2 is 1.79 bits per heavy atom. The molecule has 0 spiro atoms. The van der Waals surface area contributed by atoms with Gasteiger partial charge in [0.05, 0.1) is 17.8 Å². The van der Waals surface area contributed by atoms with E-state index < -0.39 is 35.4 Å². The maximum absolute atomic E-state index is 13.2. The van der Waals surface area contributed by atoms with Gasteiger partial charge in [-0.2, -0.15) is 18.3 Å². The number of aromatic nitrogens is 3. The Balaban J connectivity index is 1.84. The zero-order valence-corrected chi connectivity index (χ0v) is 18.0. The summed E-state index contributed by atoms with van der Waals surface area (Å²) in [6, 6.07) is 8.11. The van der Waals surface area contributed by atoms with Gasteiger partial charge in [-0.1, -0.05) is 18.2 Å². The molecule has 3 aromatic rings. The fourth-order valence-corrected chi connectivity index (χ4v) is 2.92. The molecule has 174 valence electrons. The highest BCUT2D eigenvalue weighted by Gasteiger charge is 2.31. The Hall–Kier alpha value is -3.89. The number of alkyl halides is 3. The lowest BCUT2D eigenvalue weighted by Gasteiger charge is -2.20. The van der Waals surface area contributed by atoms with E-state index in [9.17, 15) is 22.8 Å². The van der Waals surface area contributed by atoms with E-state index in [0.717, 1.165) is 12.1 Å². The van der Waals surface area contributed by atoms with Crippen LogP contribution >= 0.6 is 0 Å². The molecule has 2 aromatic heterocycles. The number of anilines is 1. The normalized spacial score (nSPS) is 12.7. The van der Waals surface area contributed by atoms with Crippen molar-refractivity contribution < 1.29 is 27.5 Å². The molecule has 0 aliphatic heterocycles. The minimum absolute atomic E-state index is 0.0518. The monoisotopic (exact) mass is 461 g/mol. The van der Waals surface area contributed by atoms with Crippen molar-refractivity contribution >= 4 is 17.8 Å². The first kappa shape index (κ1) is 23.8. The third-order valence-corrected chi connectivity index (χ3v) is 4.29. The predicted molar refractivity (Wildman–Crippen MR) is 113 cm³/mol. The van der Waals surface area contributed by atoms with E-state index in [1.165, 1.54) is 42.7 Å². The molecule has 3 N–H and O–H groups in total. The number of hydrogen-bond donors (Lipinski definition) is 3.